The SMILES string of the molecule is C=C1N=C(N)C(F)=CN1[C@@H]1OC(C)C2OC(C)(C)O[C@H]21. The number of aliphatic imine (C=N–C) groups is 1. The highest BCUT2D eigenvalue weighted by Crippen LogP contribution is 2.41. The average molecular weight is 283 g/mol. The van der Waals surface area contributed by atoms with Gasteiger partial charge >= 0.3 is 0 Å². The molecule has 2 saturated heterocycles. The first-order valence-corrected chi connectivity index (χ1v) is 6.49. The van der Waals surface area contributed by atoms with Crippen LogP contribution in [-0.4, -0.2) is 41.1 Å². The van der Waals surface area contributed by atoms with Gasteiger partial charge in [0.25, 0.3) is 0 Å². The number of fused-ring (bicyclic) bond motifs is 1. The third-order valence-electron chi connectivity index (χ3n) is 3.58. The van der Waals surface area contributed by atoms with Crippen LogP contribution in [0.3, 0.4) is 0 Å². The molecule has 0 aromatic rings. The monoisotopic (exact) mass is 283 g/mol. The summed E-state index contributed by atoms with van der Waals surface area (Å²) in [4.78, 5) is 5.37. The van der Waals surface area contributed by atoms with Crippen molar-refractivity contribution in [2.75, 3.05) is 0 Å². The molecule has 0 bridgehead atoms. The van der Waals surface area contributed by atoms with Crippen LogP contribution >= 0.6 is 0 Å². The largest absolute Gasteiger partial charge is 0.381 e. The zero-order valence-corrected chi connectivity index (χ0v) is 11.7. The summed E-state index contributed by atoms with van der Waals surface area (Å²) in [5, 5.41) is 0. The summed E-state index contributed by atoms with van der Waals surface area (Å²) in [5.41, 5.74) is 5.43. The molecule has 0 aromatic heterocycles. The van der Waals surface area contributed by atoms with Crippen LogP contribution < -0.4 is 5.73 Å². The molecule has 3 aliphatic heterocycles. The van der Waals surface area contributed by atoms with Gasteiger partial charge < -0.3 is 24.8 Å². The first-order chi connectivity index (χ1) is 9.28. The Kier molecular flexibility index (Phi) is 2.89. The van der Waals surface area contributed by atoms with E-state index in [0.717, 1.165) is 0 Å². The fourth-order valence-corrected chi connectivity index (χ4v) is 2.73. The number of rotatable bonds is 1. The van der Waals surface area contributed by atoms with Crippen molar-refractivity contribution in [3.63, 3.8) is 0 Å². The quantitative estimate of drug-likeness (QED) is 0.783. The van der Waals surface area contributed by atoms with Crippen molar-refractivity contribution in [3.8, 4) is 0 Å². The Hall–Kier alpha value is -1.44. The highest BCUT2D eigenvalue weighted by atomic mass is 19.1. The summed E-state index contributed by atoms with van der Waals surface area (Å²) in [6.45, 7) is 9.35. The molecule has 4 atom stereocenters. The molecule has 0 aromatic carbocycles. The van der Waals surface area contributed by atoms with Crippen LogP contribution in [0.5, 0.6) is 0 Å². The Morgan fingerprint density at radius 2 is 2.05 bits per heavy atom. The van der Waals surface area contributed by atoms with Crippen LogP contribution in [0.4, 0.5) is 4.39 Å². The van der Waals surface area contributed by atoms with E-state index in [9.17, 15) is 4.39 Å². The maximum Gasteiger partial charge on any atom is 0.181 e. The van der Waals surface area contributed by atoms with Gasteiger partial charge in [0.15, 0.2) is 23.7 Å². The minimum absolute atomic E-state index is 0.167. The number of halogens is 1. The van der Waals surface area contributed by atoms with Gasteiger partial charge in [-0.3, -0.25) is 0 Å². The Balaban J connectivity index is 1.87. The molecule has 3 aliphatic rings. The third kappa shape index (κ3) is 2.02. The number of nitrogens with two attached hydrogens (primary N) is 1. The molecule has 0 saturated carbocycles. The molecule has 0 radical (unpaired) electrons. The van der Waals surface area contributed by atoms with Crippen molar-refractivity contribution in [1.82, 2.24) is 4.90 Å². The fraction of sp³-hybridized carbons (Fsp3) is 0.615. The first-order valence-electron chi connectivity index (χ1n) is 6.49. The van der Waals surface area contributed by atoms with E-state index in [1.54, 1.807) is 0 Å². The number of ether oxygens (including phenoxy) is 3. The summed E-state index contributed by atoms with van der Waals surface area (Å²) in [6, 6.07) is 0. The highest BCUT2D eigenvalue weighted by Gasteiger charge is 2.55. The second-order valence-corrected chi connectivity index (χ2v) is 5.59. The van der Waals surface area contributed by atoms with E-state index < -0.39 is 17.8 Å². The normalized spacial score (nSPS) is 39.6. The fourth-order valence-electron chi connectivity index (χ4n) is 2.73. The van der Waals surface area contributed by atoms with E-state index in [0.29, 0.717) is 5.82 Å². The molecular weight excluding hydrogens is 265 g/mol. The summed E-state index contributed by atoms with van der Waals surface area (Å²) in [7, 11) is 0. The van der Waals surface area contributed by atoms with E-state index in [1.165, 1.54) is 11.1 Å². The van der Waals surface area contributed by atoms with Gasteiger partial charge in [0.05, 0.1) is 6.10 Å². The van der Waals surface area contributed by atoms with Gasteiger partial charge in [0, 0.05) is 6.20 Å². The zero-order valence-electron chi connectivity index (χ0n) is 11.7. The van der Waals surface area contributed by atoms with Gasteiger partial charge in [-0.1, -0.05) is 6.58 Å². The Labute approximate surface area is 116 Å². The van der Waals surface area contributed by atoms with Crippen molar-refractivity contribution in [1.29, 1.82) is 0 Å². The number of amidine groups is 1. The zero-order chi connectivity index (χ0) is 14.7. The molecule has 0 spiro atoms. The first kappa shape index (κ1) is 13.5. The van der Waals surface area contributed by atoms with Crippen molar-refractivity contribution < 1.29 is 18.6 Å². The van der Waals surface area contributed by atoms with E-state index in [4.69, 9.17) is 19.9 Å². The molecule has 0 aliphatic carbocycles. The topological polar surface area (TPSA) is 69.3 Å². The number of nitrogens with zero attached hydrogens (tertiary/aromatic N) is 2. The molecule has 0 amide bonds. The van der Waals surface area contributed by atoms with Gasteiger partial charge in [-0.25, -0.2) is 9.38 Å². The molecular formula is C13H18FN3O3. The Bertz CT molecular complexity index is 517. The Morgan fingerprint density at radius 1 is 1.40 bits per heavy atom. The molecule has 2 fully saturated rings. The van der Waals surface area contributed by atoms with Crippen molar-refractivity contribution in [2.45, 2.75) is 51.1 Å². The van der Waals surface area contributed by atoms with Gasteiger partial charge in [0.2, 0.25) is 0 Å². The van der Waals surface area contributed by atoms with E-state index in [2.05, 4.69) is 11.6 Å². The minimum Gasteiger partial charge on any atom is -0.381 e. The van der Waals surface area contributed by atoms with Crippen molar-refractivity contribution in [3.05, 3.63) is 24.4 Å². The van der Waals surface area contributed by atoms with Gasteiger partial charge in [-0.2, -0.15) is 0 Å². The highest BCUT2D eigenvalue weighted by molar-refractivity contribution is 5.96. The molecule has 6 nitrogen and oxygen atoms in total. The van der Waals surface area contributed by atoms with Crippen molar-refractivity contribution in [2.24, 2.45) is 10.7 Å². The molecule has 20 heavy (non-hydrogen) atoms. The van der Waals surface area contributed by atoms with Gasteiger partial charge in [-0.15, -0.1) is 0 Å². The second kappa shape index (κ2) is 4.28. The maximum absolute atomic E-state index is 13.6. The molecule has 3 rings (SSSR count). The lowest BCUT2D eigenvalue weighted by molar-refractivity contribution is -0.197. The second-order valence-electron chi connectivity index (χ2n) is 5.59. The smallest absolute Gasteiger partial charge is 0.181 e. The summed E-state index contributed by atoms with van der Waals surface area (Å²) >= 11 is 0. The summed E-state index contributed by atoms with van der Waals surface area (Å²) in [5.74, 6) is -1.17. The van der Waals surface area contributed by atoms with Crippen LogP contribution in [0.15, 0.2) is 29.4 Å². The predicted molar refractivity (Wildman–Crippen MR) is 70.0 cm³/mol. The van der Waals surface area contributed by atoms with Crippen LogP contribution in [0.2, 0.25) is 0 Å². The lowest BCUT2D eigenvalue weighted by Crippen LogP contribution is -2.42. The summed E-state index contributed by atoms with van der Waals surface area (Å²) in [6.07, 6.45) is -0.0111. The lowest BCUT2D eigenvalue weighted by Gasteiger charge is -2.32. The van der Waals surface area contributed by atoms with E-state index in [1.807, 2.05) is 20.8 Å². The minimum atomic E-state index is -0.687. The molecule has 7 heteroatoms. The Morgan fingerprint density at radius 3 is 2.75 bits per heavy atom. The predicted octanol–water partition coefficient (Wildman–Crippen LogP) is 1.21. The molecule has 2 unspecified atom stereocenters. The standard InChI is InChI=1S/C13H18FN3O3/c1-6-9-10(20-13(3,4)19-9)12(18-6)17-5-8(14)11(15)16-7(17)2/h5-6,9-10,12H,2H2,1,3-4H3,(H2,15,16)/t6?,9?,10-,12-/m1/s1. The molecule has 2 N–H and O–H groups in total. The third-order valence-corrected chi connectivity index (χ3v) is 3.58. The molecule has 3 heterocycles. The summed E-state index contributed by atoms with van der Waals surface area (Å²) < 4.78 is 31.1. The van der Waals surface area contributed by atoms with Gasteiger partial charge in [0.1, 0.15) is 18.0 Å². The molecule has 110 valence electrons. The van der Waals surface area contributed by atoms with Crippen LogP contribution in [0, 0.1) is 0 Å². The van der Waals surface area contributed by atoms with Crippen LogP contribution in [0.25, 0.3) is 0 Å². The van der Waals surface area contributed by atoms with Crippen molar-refractivity contribution >= 4 is 5.84 Å². The van der Waals surface area contributed by atoms with E-state index in [-0.39, 0.29) is 24.1 Å². The number of hydrogen-bond donors (Lipinski definition) is 1. The number of hydrogen-bond acceptors (Lipinski definition) is 6. The van der Waals surface area contributed by atoms with Gasteiger partial charge in [-0.05, 0) is 20.8 Å². The maximum atomic E-state index is 13.6. The van der Waals surface area contributed by atoms with Crippen LogP contribution in [-0.2, 0) is 14.2 Å². The average Bonchev–Trinajstić information content (AvgIpc) is 2.80. The lowest BCUT2D eigenvalue weighted by atomic mass is 10.1. The van der Waals surface area contributed by atoms with E-state index >= 15 is 0 Å². The van der Waals surface area contributed by atoms with Crippen LogP contribution in [0.1, 0.15) is 20.8 Å².